The smallest absolute Gasteiger partial charge is 0.259 e. The van der Waals surface area contributed by atoms with Crippen LogP contribution in [0.3, 0.4) is 0 Å². The van der Waals surface area contributed by atoms with Crippen molar-refractivity contribution in [2.75, 3.05) is 33.1 Å². The molecule has 0 radical (unpaired) electrons. The molecule has 0 aliphatic rings. The van der Waals surface area contributed by atoms with E-state index in [1.807, 2.05) is 24.3 Å². The van der Waals surface area contributed by atoms with Crippen LogP contribution in [0.5, 0.6) is 11.6 Å². The Bertz CT molecular complexity index is 661. The summed E-state index contributed by atoms with van der Waals surface area (Å²) in [5, 5.41) is 3.16. The normalized spacial score (nSPS) is 10.0. The lowest BCUT2D eigenvalue weighted by molar-refractivity contribution is -0.130. The van der Waals surface area contributed by atoms with Gasteiger partial charge >= 0.3 is 0 Å². The highest BCUT2D eigenvalue weighted by atomic mass is 16.5. The van der Waals surface area contributed by atoms with Crippen molar-refractivity contribution in [2.45, 2.75) is 6.54 Å². The van der Waals surface area contributed by atoms with Gasteiger partial charge in [0.2, 0.25) is 0 Å². The molecule has 0 aliphatic carbocycles. The zero-order chi connectivity index (χ0) is 16.7. The van der Waals surface area contributed by atoms with Crippen LogP contribution in [0.15, 0.2) is 36.7 Å². The third kappa shape index (κ3) is 4.84. The van der Waals surface area contributed by atoms with Gasteiger partial charge in [-0.15, -0.1) is 0 Å². The summed E-state index contributed by atoms with van der Waals surface area (Å²) in [6.07, 6.45) is 3.16. The lowest BCUT2D eigenvalue weighted by Crippen LogP contribution is -2.27. The van der Waals surface area contributed by atoms with Gasteiger partial charge in [-0.05, 0) is 17.7 Å². The molecule has 1 heterocycles. The molecule has 0 fully saturated rings. The Morgan fingerprint density at radius 2 is 2.04 bits per heavy atom. The van der Waals surface area contributed by atoms with Crippen molar-refractivity contribution in [2.24, 2.45) is 0 Å². The van der Waals surface area contributed by atoms with Crippen LogP contribution in [0.4, 0.5) is 5.82 Å². The van der Waals surface area contributed by atoms with Crippen molar-refractivity contribution in [3.8, 4) is 11.6 Å². The molecular formula is C16H20N4O3. The van der Waals surface area contributed by atoms with Gasteiger partial charge in [-0.1, -0.05) is 12.1 Å². The topological polar surface area (TPSA) is 76.6 Å². The van der Waals surface area contributed by atoms with Gasteiger partial charge in [-0.3, -0.25) is 4.79 Å². The molecule has 7 heteroatoms. The number of ether oxygens (including phenoxy) is 2. The first-order chi connectivity index (χ1) is 11.1. The molecule has 0 aliphatic heterocycles. The molecule has 122 valence electrons. The highest BCUT2D eigenvalue weighted by molar-refractivity contribution is 5.77. The number of amides is 1. The number of aromatic nitrogens is 2. The third-order valence-electron chi connectivity index (χ3n) is 3.08. The number of nitrogens with one attached hydrogen (secondary N) is 1. The Morgan fingerprint density at radius 1 is 1.26 bits per heavy atom. The Kier molecular flexibility index (Phi) is 5.74. The minimum absolute atomic E-state index is 0.0157. The molecule has 1 aromatic heterocycles. The van der Waals surface area contributed by atoms with Crippen molar-refractivity contribution >= 4 is 11.7 Å². The first kappa shape index (κ1) is 16.5. The summed E-state index contributed by atoms with van der Waals surface area (Å²) in [7, 11) is 4.94. The number of methoxy groups -OCH3 is 1. The van der Waals surface area contributed by atoms with Crippen molar-refractivity contribution in [1.29, 1.82) is 0 Å². The monoisotopic (exact) mass is 316 g/mol. The van der Waals surface area contributed by atoms with E-state index in [1.165, 1.54) is 4.90 Å². The van der Waals surface area contributed by atoms with E-state index in [-0.39, 0.29) is 12.5 Å². The van der Waals surface area contributed by atoms with Gasteiger partial charge in [0.05, 0.1) is 7.11 Å². The summed E-state index contributed by atoms with van der Waals surface area (Å²) >= 11 is 0. The fourth-order valence-electron chi connectivity index (χ4n) is 1.80. The van der Waals surface area contributed by atoms with Gasteiger partial charge in [0, 0.05) is 33.0 Å². The van der Waals surface area contributed by atoms with Crippen molar-refractivity contribution in [3.05, 3.63) is 42.2 Å². The van der Waals surface area contributed by atoms with Crippen molar-refractivity contribution < 1.29 is 14.3 Å². The zero-order valence-electron chi connectivity index (χ0n) is 13.4. The highest BCUT2D eigenvalue weighted by Crippen LogP contribution is 2.19. The van der Waals surface area contributed by atoms with Gasteiger partial charge in [0.1, 0.15) is 5.75 Å². The molecule has 1 aromatic carbocycles. The SMILES string of the molecule is COc1nccnc1NCc1cccc(OCC(=O)N(C)C)c1. The Balaban J connectivity index is 1.96. The Labute approximate surface area is 135 Å². The van der Waals surface area contributed by atoms with E-state index in [0.717, 1.165) is 5.56 Å². The van der Waals surface area contributed by atoms with Gasteiger partial charge in [-0.25, -0.2) is 9.97 Å². The van der Waals surface area contributed by atoms with Gasteiger partial charge in [0.25, 0.3) is 11.8 Å². The van der Waals surface area contributed by atoms with Crippen LogP contribution in [0.1, 0.15) is 5.56 Å². The molecule has 23 heavy (non-hydrogen) atoms. The van der Waals surface area contributed by atoms with Crippen LogP contribution in [0.2, 0.25) is 0 Å². The third-order valence-corrected chi connectivity index (χ3v) is 3.08. The van der Waals surface area contributed by atoms with E-state index >= 15 is 0 Å². The van der Waals surface area contributed by atoms with E-state index in [9.17, 15) is 4.79 Å². The van der Waals surface area contributed by atoms with Crippen LogP contribution < -0.4 is 14.8 Å². The average Bonchev–Trinajstić information content (AvgIpc) is 2.58. The van der Waals surface area contributed by atoms with E-state index in [2.05, 4.69) is 15.3 Å². The summed E-state index contributed by atoms with van der Waals surface area (Å²) < 4.78 is 10.6. The minimum Gasteiger partial charge on any atom is -0.484 e. The molecule has 2 aromatic rings. The van der Waals surface area contributed by atoms with Crippen LogP contribution in [-0.2, 0) is 11.3 Å². The minimum atomic E-state index is -0.0853. The van der Waals surface area contributed by atoms with Gasteiger partial charge < -0.3 is 19.7 Å². The summed E-state index contributed by atoms with van der Waals surface area (Å²) in [6.45, 7) is 0.551. The van der Waals surface area contributed by atoms with Crippen LogP contribution in [0.25, 0.3) is 0 Å². The second-order valence-electron chi connectivity index (χ2n) is 4.99. The Morgan fingerprint density at radius 3 is 2.78 bits per heavy atom. The number of hydrogen-bond acceptors (Lipinski definition) is 6. The van der Waals surface area contributed by atoms with E-state index < -0.39 is 0 Å². The van der Waals surface area contributed by atoms with E-state index in [0.29, 0.717) is 24.0 Å². The number of likely N-dealkylation sites (N-methyl/N-ethyl adjacent to an activating group) is 1. The summed E-state index contributed by atoms with van der Waals surface area (Å²) in [5.74, 6) is 1.57. The number of nitrogens with zero attached hydrogens (tertiary/aromatic N) is 3. The standard InChI is InChI=1S/C16H20N4O3/c1-20(2)14(21)11-23-13-6-4-5-12(9-13)10-19-15-16(22-3)18-8-7-17-15/h4-9H,10-11H2,1-3H3,(H,17,19). The summed E-state index contributed by atoms with van der Waals surface area (Å²) in [4.78, 5) is 21.3. The van der Waals surface area contributed by atoms with Crippen LogP contribution >= 0.6 is 0 Å². The molecule has 1 N–H and O–H groups in total. The fraction of sp³-hybridized carbons (Fsp3) is 0.312. The molecule has 0 spiro atoms. The predicted octanol–water partition coefficient (Wildman–Crippen LogP) is 1.56. The first-order valence-corrected chi connectivity index (χ1v) is 7.11. The molecule has 0 saturated carbocycles. The largest absolute Gasteiger partial charge is 0.484 e. The maximum absolute atomic E-state index is 11.5. The Hall–Kier alpha value is -2.83. The van der Waals surface area contributed by atoms with E-state index in [4.69, 9.17) is 9.47 Å². The van der Waals surface area contributed by atoms with Gasteiger partial charge in [-0.2, -0.15) is 0 Å². The van der Waals surface area contributed by atoms with E-state index in [1.54, 1.807) is 33.6 Å². The molecular weight excluding hydrogens is 296 g/mol. The molecule has 0 saturated heterocycles. The van der Waals surface area contributed by atoms with Crippen molar-refractivity contribution in [3.63, 3.8) is 0 Å². The maximum atomic E-state index is 11.5. The molecule has 0 atom stereocenters. The highest BCUT2D eigenvalue weighted by Gasteiger charge is 2.07. The quantitative estimate of drug-likeness (QED) is 0.835. The molecule has 0 unspecified atom stereocenters. The fourth-order valence-corrected chi connectivity index (χ4v) is 1.80. The molecule has 7 nitrogen and oxygen atoms in total. The summed E-state index contributed by atoms with van der Waals surface area (Å²) in [5.41, 5.74) is 0.993. The first-order valence-electron chi connectivity index (χ1n) is 7.11. The second kappa shape index (κ2) is 7.98. The molecule has 0 bridgehead atoms. The zero-order valence-corrected chi connectivity index (χ0v) is 13.4. The number of rotatable bonds is 7. The second-order valence-corrected chi connectivity index (χ2v) is 4.99. The number of carbonyl (C=O) groups excluding carboxylic acids is 1. The van der Waals surface area contributed by atoms with Crippen LogP contribution in [0, 0.1) is 0 Å². The maximum Gasteiger partial charge on any atom is 0.259 e. The number of hydrogen-bond donors (Lipinski definition) is 1. The number of benzene rings is 1. The predicted molar refractivity (Wildman–Crippen MR) is 86.5 cm³/mol. The number of anilines is 1. The summed E-state index contributed by atoms with van der Waals surface area (Å²) in [6, 6.07) is 7.52. The molecule has 2 rings (SSSR count). The average molecular weight is 316 g/mol. The van der Waals surface area contributed by atoms with Gasteiger partial charge in [0.15, 0.2) is 12.4 Å². The number of carbonyl (C=O) groups is 1. The van der Waals surface area contributed by atoms with Crippen LogP contribution in [-0.4, -0.2) is 48.6 Å². The lowest BCUT2D eigenvalue weighted by Gasteiger charge is -2.12. The lowest BCUT2D eigenvalue weighted by atomic mass is 10.2. The molecule has 1 amide bonds. The van der Waals surface area contributed by atoms with Crippen molar-refractivity contribution in [1.82, 2.24) is 14.9 Å².